The normalized spacial score (nSPS) is 10.7. The zero-order valence-electron chi connectivity index (χ0n) is 9.83. The van der Waals surface area contributed by atoms with Gasteiger partial charge in [-0.25, -0.2) is 0 Å². The van der Waals surface area contributed by atoms with Gasteiger partial charge in [-0.3, -0.25) is 4.79 Å². The minimum Gasteiger partial charge on any atom is -0.508 e. The Bertz CT molecular complexity index is 754. The second kappa shape index (κ2) is 4.17. The fourth-order valence-corrected chi connectivity index (χ4v) is 2.02. The summed E-state index contributed by atoms with van der Waals surface area (Å²) in [5, 5.41) is 19.4. The first-order chi connectivity index (χ1) is 9.17. The number of hydrogen-bond donors (Lipinski definition) is 2. The van der Waals surface area contributed by atoms with Crippen molar-refractivity contribution in [3.05, 3.63) is 48.0 Å². The van der Waals surface area contributed by atoms with E-state index in [1.807, 2.05) is 0 Å². The summed E-state index contributed by atoms with van der Waals surface area (Å²) < 4.78 is 5.65. The molecule has 0 spiro atoms. The Kier molecular flexibility index (Phi) is 2.49. The Morgan fingerprint density at radius 2 is 1.68 bits per heavy atom. The van der Waals surface area contributed by atoms with Gasteiger partial charge in [-0.1, -0.05) is 0 Å². The molecule has 0 amide bonds. The first kappa shape index (κ1) is 11.3. The van der Waals surface area contributed by atoms with Crippen LogP contribution in [0.4, 0.5) is 0 Å². The zero-order chi connectivity index (χ0) is 13.4. The number of benzene rings is 2. The fraction of sp³-hybridized carbons (Fsp3) is 0. The lowest BCUT2D eigenvalue weighted by atomic mass is 10.1. The smallest absolute Gasteiger partial charge is 0.153 e. The molecule has 94 valence electrons. The van der Waals surface area contributed by atoms with E-state index in [-0.39, 0.29) is 11.5 Å². The van der Waals surface area contributed by atoms with E-state index in [1.165, 1.54) is 12.1 Å². The van der Waals surface area contributed by atoms with Crippen LogP contribution >= 0.6 is 0 Å². The summed E-state index contributed by atoms with van der Waals surface area (Å²) >= 11 is 0. The molecule has 0 fully saturated rings. The quantitative estimate of drug-likeness (QED) is 0.688. The third kappa shape index (κ3) is 1.93. The molecular weight excluding hydrogens is 244 g/mol. The molecule has 0 radical (unpaired) electrons. The van der Waals surface area contributed by atoms with Crippen molar-refractivity contribution in [2.45, 2.75) is 0 Å². The maximum atomic E-state index is 11.0. The summed E-state index contributed by atoms with van der Waals surface area (Å²) in [5.41, 5.74) is 1.53. The summed E-state index contributed by atoms with van der Waals surface area (Å²) in [6, 6.07) is 11.2. The molecule has 0 saturated heterocycles. The van der Waals surface area contributed by atoms with E-state index in [4.69, 9.17) is 4.42 Å². The average Bonchev–Trinajstić information content (AvgIpc) is 2.82. The number of furan rings is 1. The van der Waals surface area contributed by atoms with Crippen molar-refractivity contribution >= 4 is 17.3 Å². The molecule has 2 N–H and O–H groups in total. The van der Waals surface area contributed by atoms with Crippen molar-refractivity contribution in [3.63, 3.8) is 0 Å². The second-order valence-electron chi connectivity index (χ2n) is 4.23. The van der Waals surface area contributed by atoms with Crippen molar-refractivity contribution in [3.8, 4) is 22.8 Å². The van der Waals surface area contributed by atoms with Crippen LogP contribution in [0.5, 0.6) is 11.5 Å². The molecule has 1 aromatic heterocycles. The van der Waals surface area contributed by atoms with E-state index >= 15 is 0 Å². The van der Waals surface area contributed by atoms with Crippen molar-refractivity contribution in [1.29, 1.82) is 0 Å². The second-order valence-corrected chi connectivity index (χ2v) is 4.23. The Hall–Kier alpha value is -2.75. The molecule has 0 atom stereocenters. The van der Waals surface area contributed by atoms with E-state index in [9.17, 15) is 15.0 Å². The highest BCUT2D eigenvalue weighted by Crippen LogP contribution is 2.32. The molecule has 0 aliphatic heterocycles. The number of phenols is 2. The Balaban J connectivity index is 2.21. The third-order valence-corrected chi connectivity index (χ3v) is 2.91. The lowest BCUT2D eigenvalue weighted by Crippen LogP contribution is -1.79. The van der Waals surface area contributed by atoms with Gasteiger partial charge in [0.25, 0.3) is 0 Å². The molecule has 0 aliphatic rings. The third-order valence-electron chi connectivity index (χ3n) is 2.91. The molecule has 3 rings (SSSR count). The largest absolute Gasteiger partial charge is 0.508 e. The van der Waals surface area contributed by atoms with Crippen LogP contribution in [-0.4, -0.2) is 16.5 Å². The Morgan fingerprint density at radius 1 is 0.947 bits per heavy atom. The summed E-state index contributed by atoms with van der Waals surface area (Å²) in [4.78, 5) is 11.0. The minimum absolute atomic E-state index is 0.0210. The van der Waals surface area contributed by atoms with Crippen LogP contribution in [0.15, 0.2) is 46.9 Å². The summed E-state index contributed by atoms with van der Waals surface area (Å²) in [6.45, 7) is 0. The maximum absolute atomic E-state index is 11.0. The number of aromatic hydroxyl groups is 2. The molecule has 0 saturated carbocycles. The van der Waals surface area contributed by atoms with E-state index in [0.29, 0.717) is 28.6 Å². The predicted molar refractivity (Wildman–Crippen MR) is 70.4 cm³/mol. The molecular formula is C15H10O4. The van der Waals surface area contributed by atoms with Gasteiger partial charge in [-0.2, -0.15) is 0 Å². The predicted octanol–water partition coefficient (Wildman–Crippen LogP) is 3.32. The van der Waals surface area contributed by atoms with Gasteiger partial charge in [0.05, 0.1) is 5.56 Å². The molecule has 0 aliphatic carbocycles. The molecule has 3 aromatic rings. The standard InChI is InChI=1S/C15H10O4/c16-8-11-6-13(18)5-10-7-14(19-15(10)11)9-1-3-12(17)4-2-9/h1-8,17-18H. The SMILES string of the molecule is O=Cc1cc(O)cc2cc(-c3ccc(O)cc3)oc12. The van der Waals surface area contributed by atoms with Gasteiger partial charge in [0.2, 0.25) is 0 Å². The Labute approximate surface area is 108 Å². The molecule has 4 heteroatoms. The molecule has 1 heterocycles. The topological polar surface area (TPSA) is 70.7 Å². The number of fused-ring (bicyclic) bond motifs is 1. The maximum Gasteiger partial charge on any atom is 0.153 e. The molecule has 19 heavy (non-hydrogen) atoms. The Morgan fingerprint density at radius 3 is 2.37 bits per heavy atom. The van der Waals surface area contributed by atoms with E-state index in [2.05, 4.69) is 0 Å². The highest BCUT2D eigenvalue weighted by molar-refractivity contribution is 5.97. The molecule has 0 bridgehead atoms. The lowest BCUT2D eigenvalue weighted by molar-refractivity contribution is 0.112. The van der Waals surface area contributed by atoms with E-state index < -0.39 is 0 Å². The van der Waals surface area contributed by atoms with Crippen molar-refractivity contribution in [2.24, 2.45) is 0 Å². The summed E-state index contributed by atoms with van der Waals surface area (Å²) in [5.74, 6) is 0.766. The molecule has 0 unspecified atom stereocenters. The van der Waals surface area contributed by atoms with Gasteiger partial charge in [0.15, 0.2) is 6.29 Å². The summed E-state index contributed by atoms with van der Waals surface area (Å²) in [6.07, 6.45) is 0.645. The number of carbonyl (C=O) groups is 1. The van der Waals surface area contributed by atoms with Crippen LogP contribution in [0.1, 0.15) is 10.4 Å². The van der Waals surface area contributed by atoms with Crippen LogP contribution in [0.2, 0.25) is 0 Å². The van der Waals surface area contributed by atoms with Crippen LogP contribution in [0.3, 0.4) is 0 Å². The average molecular weight is 254 g/mol. The first-order valence-electron chi connectivity index (χ1n) is 5.68. The number of phenolic OH excluding ortho intramolecular Hbond substituents is 2. The highest BCUT2D eigenvalue weighted by atomic mass is 16.3. The van der Waals surface area contributed by atoms with Gasteiger partial charge in [0, 0.05) is 10.9 Å². The van der Waals surface area contributed by atoms with Crippen LogP contribution in [-0.2, 0) is 0 Å². The van der Waals surface area contributed by atoms with Gasteiger partial charge in [0.1, 0.15) is 22.8 Å². The van der Waals surface area contributed by atoms with Gasteiger partial charge in [-0.05, 0) is 42.5 Å². The van der Waals surface area contributed by atoms with Crippen LogP contribution in [0.25, 0.3) is 22.3 Å². The van der Waals surface area contributed by atoms with Crippen molar-refractivity contribution < 1.29 is 19.4 Å². The van der Waals surface area contributed by atoms with E-state index in [0.717, 1.165) is 5.56 Å². The van der Waals surface area contributed by atoms with E-state index in [1.54, 1.807) is 30.3 Å². The van der Waals surface area contributed by atoms with Gasteiger partial charge in [-0.15, -0.1) is 0 Å². The summed E-state index contributed by atoms with van der Waals surface area (Å²) in [7, 11) is 0. The number of aldehydes is 1. The lowest BCUT2D eigenvalue weighted by Gasteiger charge is -1.97. The van der Waals surface area contributed by atoms with Gasteiger partial charge < -0.3 is 14.6 Å². The fourth-order valence-electron chi connectivity index (χ4n) is 2.02. The zero-order valence-corrected chi connectivity index (χ0v) is 9.83. The molecule has 2 aromatic carbocycles. The number of hydrogen-bond acceptors (Lipinski definition) is 4. The van der Waals surface area contributed by atoms with Crippen molar-refractivity contribution in [2.75, 3.05) is 0 Å². The number of rotatable bonds is 2. The van der Waals surface area contributed by atoms with Crippen molar-refractivity contribution in [1.82, 2.24) is 0 Å². The van der Waals surface area contributed by atoms with Crippen LogP contribution < -0.4 is 0 Å². The van der Waals surface area contributed by atoms with Gasteiger partial charge >= 0.3 is 0 Å². The first-order valence-corrected chi connectivity index (χ1v) is 5.68. The monoisotopic (exact) mass is 254 g/mol. The highest BCUT2D eigenvalue weighted by Gasteiger charge is 2.11. The van der Waals surface area contributed by atoms with Crippen LogP contribution in [0, 0.1) is 0 Å². The molecule has 4 nitrogen and oxygen atoms in total. The number of carbonyl (C=O) groups excluding carboxylic acids is 1. The minimum atomic E-state index is 0.0210.